The summed E-state index contributed by atoms with van der Waals surface area (Å²) in [5.74, 6) is 0.646. The molecule has 1 saturated heterocycles. The van der Waals surface area contributed by atoms with Crippen LogP contribution in [0.4, 0.5) is 0 Å². The lowest BCUT2D eigenvalue weighted by atomic mass is 10.2. The molecule has 106 valence electrons. The van der Waals surface area contributed by atoms with E-state index in [2.05, 4.69) is 9.88 Å². The van der Waals surface area contributed by atoms with Crippen LogP contribution in [-0.4, -0.2) is 47.4 Å². The second-order valence-electron chi connectivity index (χ2n) is 4.92. The highest BCUT2D eigenvalue weighted by atomic mass is 16.5. The second-order valence-corrected chi connectivity index (χ2v) is 4.92. The average molecular weight is 274 g/mol. The highest BCUT2D eigenvalue weighted by Gasteiger charge is 2.20. The van der Waals surface area contributed by atoms with Crippen LogP contribution in [0.1, 0.15) is 5.69 Å². The molecule has 0 aliphatic carbocycles. The topological polar surface area (TPSA) is 58.7 Å². The van der Waals surface area contributed by atoms with Crippen molar-refractivity contribution in [2.45, 2.75) is 12.6 Å². The molecule has 1 atom stereocenters. The van der Waals surface area contributed by atoms with Gasteiger partial charge in [-0.3, -0.25) is 4.90 Å². The molecule has 1 aromatic carbocycles. The molecule has 1 fully saturated rings. The number of hydrogen-bond acceptors (Lipinski definition) is 5. The fraction of sp³-hybridized carbons (Fsp3) is 0.400. The first kappa shape index (κ1) is 13.3. The maximum Gasteiger partial charge on any atom is 0.226 e. The summed E-state index contributed by atoms with van der Waals surface area (Å²) in [4.78, 5) is 6.73. The van der Waals surface area contributed by atoms with Crippen LogP contribution in [0.2, 0.25) is 0 Å². The van der Waals surface area contributed by atoms with Crippen molar-refractivity contribution < 1.29 is 14.3 Å². The van der Waals surface area contributed by atoms with Crippen LogP contribution in [0.15, 0.2) is 41.0 Å². The van der Waals surface area contributed by atoms with Gasteiger partial charge in [0, 0.05) is 25.2 Å². The number of morpholine rings is 1. The van der Waals surface area contributed by atoms with E-state index < -0.39 is 0 Å². The van der Waals surface area contributed by atoms with E-state index in [1.54, 1.807) is 6.26 Å². The van der Waals surface area contributed by atoms with Crippen LogP contribution in [0.3, 0.4) is 0 Å². The summed E-state index contributed by atoms with van der Waals surface area (Å²) in [6, 6.07) is 9.86. The smallest absolute Gasteiger partial charge is 0.226 e. The Morgan fingerprint density at radius 3 is 2.95 bits per heavy atom. The Balaban J connectivity index is 1.65. The van der Waals surface area contributed by atoms with Gasteiger partial charge in [-0.05, 0) is 12.1 Å². The van der Waals surface area contributed by atoms with E-state index in [0.717, 1.165) is 30.9 Å². The van der Waals surface area contributed by atoms with Crippen molar-refractivity contribution in [1.29, 1.82) is 0 Å². The Hall–Kier alpha value is -1.69. The minimum Gasteiger partial charge on any atom is -0.444 e. The predicted molar refractivity (Wildman–Crippen MR) is 74.0 cm³/mol. The molecule has 0 radical (unpaired) electrons. The number of hydrogen-bond donors (Lipinski definition) is 1. The minimum atomic E-state index is -0.0933. The highest BCUT2D eigenvalue weighted by molar-refractivity contribution is 5.52. The van der Waals surface area contributed by atoms with Crippen molar-refractivity contribution >= 4 is 0 Å². The average Bonchev–Trinajstić information content (AvgIpc) is 2.97. The molecule has 3 rings (SSSR count). The second kappa shape index (κ2) is 6.17. The monoisotopic (exact) mass is 274 g/mol. The molecule has 5 heteroatoms. The molecule has 0 amide bonds. The maximum atomic E-state index is 9.14. The van der Waals surface area contributed by atoms with Crippen LogP contribution in [0.5, 0.6) is 0 Å². The Morgan fingerprint density at radius 2 is 2.15 bits per heavy atom. The molecule has 20 heavy (non-hydrogen) atoms. The van der Waals surface area contributed by atoms with Gasteiger partial charge in [0.15, 0.2) is 0 Å². The van der Waals surface area contributed by atoms with Gasteiger partial charge in [-0.2, -0.15) is 0 Å². The lowest BCUT2D eigenvalue weighted by Gasteiger charge is -2.31. The normalized spacial score (nSPS) is 20.1. The number of aliphatic hydroxyl groups excluding tert-OH is 1. The lowest BCUT2D eigenvalue weighted by molar-refractivity contribution is -0.0553. The summed E-state index contributed by atoms with van der Waals surface area (Å²) in [5, 5.41) is 9.14. The van der Waals surface area contributed by atoms with E-state index in [4.69, 9.17) is 14.3 Å². The van der Waals surface area contributed by atoms with Crippen LogP contribution in [0.25, 0.3) is 11.5 Å². The molecule has 1 N–H and O–H groups in total. The standard InChI is InChI=1S/C15H18N2O3/c18-10-14-9-17(6-7-19-14)8-13-11-20-15(16-13)12-4-2-1-3-5-12/h1-5,11,14,18H,6-10H2. The van der Waals surface area contributed by atoms with Crippen molar-refractivity contribution in [3.05, 3.63) is 42.3 Å². The fourth-order valence-corrected chi connectivity index (χ4v) is 2.36. The summed E-state index contributed by atoms with van der Waals surface area (Å²) < 4.78 is 11.0. The zero-order valence-corrected chi connectivity index (χ0v) is 11.2. The van der Waals surface area contributed by atoms with Crippen molar-refractivity contribution in [3.8, 4) is 11.5 Å². The number of oxazole rings is 1. The molecule has 1 aliphatic rings. The highest BCUT2D eigenvalue weighted by Crippen LogP contribution is 2.19. The van der Waals surface area contributed by atoms with E-state index >= 15 is 0 Å². The number of aromatic nitrogens is 1. The summed E-state index contributed by atoms with van der Waals surface area (Å²) in [7, 11) is 0. The van der Waals surface area contributed by atoms with Gasteiger partial charge in [0.2, 0.25) is 5.89 Å². The maximum absolute atomic E-state index is 9.14. The molecule has 0 saturated carbocycles. The van der Waals surface area contributed by atoms with Gasteiger partial charge in [-0.1, -0.05) is 18.2 Å². The van der Waals surface area contributed by atoms with E-state index in [-0.39, 0.29) is 12.7 Å². The first-order chi connectivity index (χ1) is 9.85. The third-order valence-electron chi connectivity index (χ3n) is 3.38. The van der Waals surface area contributed by atoms with E-state index in [9.17, 15) is 0 Å². The zero-order valence-electron chi connectivity index (χ0n) is 11.2. The SMILES string of the molecule is OCC1CN(Cc2coc(-c3ccccc3)n2)CCO1. The Kier molecular flexibility index (Phi) is 4.11. The van der Waals surface area contributed by atoms with Crippen LogP contribution in [-0.2, 0) is 11.3 Å². The molecule has 0 bridgehead atoms. The summed E-state index contributed by atoms with van der Waals surface area (Å²) in [6.07, 6.45) is 1.61. The Labute approximate surface area is 117 Å². The first-order valence-corrected chi connectivity index (χ1v) is 6.80. The number of nitrogens with zero attached hydrogens (tertiary/aromatic N) is 2. The molecule has 5 nitrogen and oxygen atoms in total. The summed E-state index contributed by atoms with van der Waals surface area (Å²) >= 11 is 0. The van der Waals surface area contributed by atoms with E-state index in [0.29, 0.717) is 12.5 Å². The number of benzene rings is 1. The summed E-state index contributed by atoms with van der Waals surface area (Å²) in [5.41, 5.74) is 1.89. The minimum absolute atomic E-state index is 0.0601. The van der Waals surface area contributed by atoms with Crippen LogP contribution < -0.4 is 0 Å². The molecule has 0 spiro atoms. The van der Waals surface area contributed by atoms with Crippen molar-refractivity contribution in [1.82, 2.24) is 9.88 Å². The molecule has 2 heterocycles. The predicted octanol–water partition coefficient (Wildman–Crippen LogP) is 1.53. The molecular formula is C15H18N2O3. The van der Waals surface area contributed by atoms with Crippen molar-refractivity contribution in [2.24, 2.45) is 0 Å². The third kappa shape index (κ3) is 3.07. The van der Waals surface area contributed by atoms with Gasteiger partial charge >= 0.3 is 0 Å². The largest absolute Gasteiger partial charge is 0.444 e. The molecule has 1 aliphatic heterocycles. The van der Waals surface area contributed by atoms with Gasteiger partial charge in [-0.15, -0.1) is 0 Å². The molecular weight excluding hydrogens is 256 g/mol. The Bertz CT molecular complexity index is 541. The molecule has 1 aromatic heterocycles. The van der Waals surface area contributed by atoms with Crippen molar-refractivity contribution in [3.63, 3.8) is 0 Å². The first-order valence-electron chi connectivity index (χ1n) is 6.80. The van der Waals surface area contributed by atoms with E-state index in [1.165, 1.54) is 0 Å². The summed E-state index contributed by atoms with van der Waals surface area (Å²) in [6.45, 7) is 3.00. The third-order valence-corrected chi connectivity index (χ3v) is 3.38. The van der Waals surface area contributed by atoms with Gasteiger partial charge in [0.05, 0.1) is 25.0 Å². The van der Waals surface area contributed by atoms with Gasteiger partial charge in [-0.25, -0.2) is 4.98 Å². The van der Waals surface area contributed by atoms with Crippen LogP contribution in [0, 0.1) is 0 Å². The fourth-order valence-electron chi connectivity index (χ4n) is 2.36. The number of ether oxygens (including phenoxy) is 1. The number of aliphatic hydroxyl groups is 1. The van der Waals surface area contributed by atoms with Crippen molar-refractivity contribution in [2.75, 3.05) is 26.3 Å². The van der Waals surface area contributed by atoms with Gasteiger partial charge < -0.3 is 14.3 Å². The van der Waals surface area contributed by atoms with Gasteiger partial charge in [0.1, 0.15) is 6.26 Å². The zero-order chi connectivity index (χ0) is 13.8. The quantitative estimate of drug-likeness (QED) is 0.916. The lowest BCUT2D eigenvalue weighted by Crippen LogP contribution is -2.43. The molecule has 1 unspecified atom stereocenters. The van der Waals surface area contributed by atoms with Gasteiger partial charge in [0.25, 0.3) is 0 Å². The Morgan fingerprint density at radius 1 is 1.30 bits per heavy atom. The number of rotatable bonds is 4. The van der Waals surface area contributed by atoms with E-state index in [1.807, 2.05) is 30.3 Å². The van der Waals surface area contributed by atoms with Crippen LogP contribution >= 0.6 is 0 Å². The molecule has 2 aromatic rings.